The molecule has 11 atom stereocenters. The minimum atomic E-state index is -2.35. The molecule has 17 heteroatoms. The average molecular weight is 884 g/mol. The van der Waals surface area contributed by atoms with Crippen molar-refractivity contribution in [1.29, 1.82) is 0 Å². The lowest BCUT2D eigenvalue weighted by Gasteiger charge is -2.53. The van der Waals surface area contributed by atoms with Gasteiger partial charge in [0.1, 0.15) is 35.7 Å². The van der Waals surface area contributed by atoms with Gasteiger partial charge in [0, 0.05) is 38.2 Å². The molecular weight excluding hydrogens is 819 g/mol. The summed E-state index contributed by atoms with van der Waals surface area (Å²) >= 11 is 0. The van der Waals surface area contributed by atoms with E-state index in [2.05, 4.69) is 10.1 Å². The molecule has 3 rings (SSSR count). The van der Waals surface area contributed by atoms with E-state index >= 15 is 0 Å². The first-order valence-corrected chi connectivity index (χ1v) is 20.7. The number of pyridine rings is 1. The molecule has 3 heterocycles. The predicted molar refractivity (Wildman–Crippen MR) is 234 cm³/mol. The van der Waals surface area contributed by atoms with Gasteiger partial charge in [-0.05, 0) is 44.4 Å². The second-order valence-electron chi connectivity index (χ2n) is 16.2. The number of carbonyl (C=O) groups is 3. The smallest absolute Gasteiger partial charge is 0.407 e. The number of Topliss-reactive ketones (excluding diaryl/α,β-unsaturated/α-hetero) is 1. The predicted octanol–water partition coefficient (Wildman–Crippen LogP) is 2.81. The van der Waals surface area contributed by atoms with Crippen LogP contribution in [0.15, 0.2) is 101 Å². The SMILES string of the molecule is C/C=C\C=C\[C@@H]1O[C@](O)([C@H](CC)C(=O)NC/C=C/C=C(\C)[C@@H](OC)[C@@H](C)[C@@H]2O[C@H](/C=C/C=C/C=C(\C)C(=O)c3c(OCOC(N)=O)ccn(C)c3=O)[C@H](O)[C@@H]2O)[C@H](O)[C@H](O)C1(C)C. The van der Waals surface area contributed by atoms with E-state index in [1.807, 2.05) is 26.8 Å². The van der Waals surface area contributed by atoms with Crippen LogP contribution in [0.1, 0.15) is 65.2 Å². The maximum absolute atomic E-state index is 13.3. The fraction of sp³-hybridized carbons (Fsp3) is 0.522. The highest BCUT2D eigenvalue weighted by molar-refractivity contribution is 6.10. The Bertz CT molecular complexity index is 2020. The molecule has 1 aromatic rings. The molecule has 2 aliphatic rings. The molecule has 17 nitrogen and oxygen atoms in total. The second kappa shape index (κ2) is 23.6. The second-order valence-corrected chi connectivity index (χ2v) is 16.2. The molecule has 63 heavy (non-hydrogen) atoms. The highest BCUT2D eigenvalue weighted by Crippen LogP contribution is 2.44. The standard InChI is InChI=1S/C46H65N3O14/c1-10-12-14-22-33-45(6,7)40(53)41(54)46(58,63-33)30(11-2)42(55)48-24-18-17-20-28(4)38(59-9)29(5)39-37(52)36(51)32(62-39)21-16-13-15-19-27(3)35(50)34-31(60-26-61-44(47)57)23-25-49(8)43(34)56/h10,12-23,25,29-30,32-33,36-41,51-54,58H,11,24,26H2,1-9H3,(H2,47,57)(H,48,55)/b12-10-,15-13+,18-17+,21-16+,22-14+,27-19+,28-20+/t29-,30-,32-,33+,36+,37+,38-,39+,40+,41-,46-/m1/s1. The van der Waals surface area contributed by atoms with Crippen LogP contribution < -0.4 is 21.3 Å². The van der Waals surface area contributed by atoms with E-state index in [0.717, 1.165) is 5.57 Å². The van der Waals surface area contributed by atoms with Crippen molar-refractivity contribution in [2.45, 2.75) is 110 Å². The Morgan fingerprint density at radius 1 is 1.00 bits per heavy atom. The zero-order valence-corrected chi connectivity index (χ0v) is 37.4. The minimum absolute atomic E-state index is 0.0697. The van der Waals surface area contributed by atoms with Crippen LogP contribution in [0.4, 0.5) is 4.79 Å². The number of nitrogens with one attached hydrogen (secondary N) is 1. The van der Waals surface area contributed by atoms with Crippen LogP contribution in [0.2, 0.25) is 0 Å². The number of ketones is 1. The van der Waals surface area contributed by atoms with Crippen LogP contribution in [0.25, 0.3) is 0 Å². The number of nitrogens with zero attached hydrogens (tertiary/aromatic N) is 1. The van der Waals surface area contributed by atoms with E-state index in [1.54, 1.807) is 81.5 Å². The van der Waals surface area contributed by atoms with Crippen LogP contribution in [0.3, 0.4) is 0 Å². The van der Waals surface area contributed by atoms with Crippen molar-refractivity contribution in [1.82, 2.24) is 9.88 Å². The fourth-order valence-corrected chi connectivity index (χ4v) is 7.53. The maximum atomic E-state index is 13.3. The molecular formula is C46H65N3O14. The van der Waals surface area contributed by atoms with Gasteiger partial charge in [0.25, 0.3) is 5.56 Å². The molecule has 0 radical (unpaired) electrons. The summed E-state index contributed by atoms with van der Waals surface area (Å²) in [7, 11) is 2.99. The number of ether oxygens (including phenoxy) is 5. The molecule has 8 N–H and O–H groups in total. The Morgan fingerprint density at radius 3 is 2.32 bits per heavy atom. The quantitative estimate of drug-likeness (QED) is 0.0430. The van der Waals surface area contributed by atoms with Gasteiger partial charge in [-0.15, -0.1) is 0 Å². The first-order chi connectivity index (χ1) is 29.7. The highest BCUT2D eigenvalue weighted by atomic mass is 16.7. The zero-order valence-electron chi connectivity index (χ0n) is 37.4. The lowest BCUT2D eigenvalue weighted by atomic mass is 9.71. The van der Waals surface area contributed by atoms with Gasteiger partial charge in [0.15, 0.2) is 5.78 Å². The topological polar surface area (TPSA) is 259 Å². The van der Waals surface area contributed by atoms with E-state index < -0.39 is 102 Å². The number of carbonyl (C=O) groups excluding carboxylic acids is 3. The van der Waals surface area contributed by atoms with Gasteiger partial charge in [-0.3, -0.25) is 14.4 Å². The number of rotatable bonds is 20. The molecule has 0 aromatic carbocycles. The summed E-state index contributed by atoms with van der Waals surface area (Å²) in [6.45, 7) is 11.6. The molecule has 0 spiro atoms. The van der Waals surface area contributed by atoms with Crippen LogP contribution in [0.5, 0.6) is 5.75 Å². The van der Waals surface area contributed by atoms with E-state index in [9.17, 15) is 44.7 Å². The first-order valence-electron chi connectivity index (χ1n) is 20.7. The van der Waals surface area contributed by atoms with Crippen LogP contribution in [-0.2, 0) is 30.8 Å². The van der Waals surface area contributed by atoms with Crippen LogP contribution in [-0.4, -0.2) is 123 Å². The average Bonchev–Trinajstić information content (AvgIpc) is 3.52. The Kier molecular flexibility index (Phi) is 19.6. The highest BCUT2D eigenvalue weighted by Gasteiger charge is 2.60. The van der Waals surface area contributed by atoms with Crippen molar-refractivity contribution in [3.8, 4) is 5.75 Å². The summed E-state index contributed by atoms with van der Waals surface area (Å²) in [5.74, 6) is -5.26. The number of methoxy groups -OCH3 is 1. The molecule has 2 aliphatic heterocycles. The van der Waals surface area contributed by atoms with Crippen molar-refractivity contribution in [2.75, 3.05) is 20.4 Å². The minimum Gasteiger partial charge on any atom is -0.456 e. The van der Waals surface area contributed by atoms with Crippen molar-refractivity contribution in [3.05, 3.63) is 112 Å². The molecule has 348 valence electrons. The maximum Gasteiger partial charge on any atom is 0.407 e. The summed E-state index contributed by atoms with van der Waals surface area (Å²) in [6.07, 6.45) is 11.6. The largest absolute Gasteiger partial charge is 0.456 e. The monoisotopic (exact) mass is 883 g/mol. The van der Waals surface area contributed by atoms with E-state index in [1.165, 1.54) is 44.0 Å². The molecule has 1 aromatic heterocycles. The lowest BCUT2D eigenvalue weighted by molar-refractivity contribution is -0.359. The molecule has 2 saturated heterocycles. The number of aliphatic hydroxyl groups is 5. The van der Waals surface area contributed by atoms with Crippen molar-refractivity contribution in [3.63, 3.8) is 0 Å². The Hall–Kier alpha value is -4.98. The zero-order chi connectivity index (χ0) is 47.2. The van der Waals surface area contributed by atoms with Crippen LogP contribution >= 0.6 is 0 Å². The van der Waals surface area contributed by atoms with Crippen molar-refractivity contribution in [2.24, 2.45) is 30.0 Å². The van der Waals surface area contributed by atoms with Gasteiger partial charge < -0.3 is 64.8 Å². The molecule has 2 amide bonds. The molecule has 0 aliphatic carbocycles. The Balaban J connectivity index is 1.62. The number of primary amides is 1. The summed E-state index contributed by atoms with van der Waals surface area (Å²) in [5, 5.41) is 58.1. The number of nitrogens with two attached hydrogens (primary N) is 1. The molecule has 0 bridgehead atoms. The van der Waals surface area contributed by atoms with E-state index in [4.69, 9.17) is 24.7 Å². The number of aliphatic hydroxyl groups excluding tert-OH is 4. The fourth-order valence-electron chi connectivity index (χ4n) is 7.53. The van der Waals surface area contributed by atoms with Crippen LogP contribution in [0, 0.1) is 17.3 Å². The van der Waals surface area contributed by atoms with E-state index in [0.29, 0.717) is 0 Å². The number of allylic oxidation sites excluding steroid dienone is 10. The molecule has 0 unspecified atom stereocenters. The number of hydrogen-bond acceptors (Lipinski definition) is 14. The number of amides is 2. The van der Waals surface area contributed by atoms with E-state index in [-0.39, 0.29) is 29.9 Å². The van der Waals surface area contributed by atoms with Gasteiger partial charge in [0.2, 0.25) is 18.5 Å². The van der Waals surface area contributed by atoms with Gasteiger partial charge in [-0.2, -0.15) is 0 Å². The molecule has 0 saturated carbocycles. The first kappa shape index (κ1) is 52.4. The summed E-state index contributed by atoms with van der Waals surface area (Å²) < 4.78 is 28.9. The van der Waals surface area contributed by atoms with Gasteiger partial charge in [-0.25, -0.2) is 4.79 Å². The number of hydrogen-bond donors (Lipinski definition) is 7. The third-order valence-electron chi connectivity index (χ3n) is 11.4. The summed E-state index contributed by atoms with van der Waals surface area (Å²) in [6, 6.07) is 1.39. The van der Waals surface area contributed by atoms with Gasteiger partial charge >= 0.3 is 6.09 Å². The third-order valence-corrected chi connectivity index (χ3v) is 11.4. The van der Waals surface area contributed by atoms with Crippen molar-refractivity contribution >= 4 is 17.8 Å². The van der Waals surface area contributed by atoms with Gasteiger partial charge in [0.05, 0.1) is 30.3 Å². The Morgan fingerprint density at radius 2 is 1.68 bits per heavy atom. The summed E-state index contributed by atoms with van der Waals surface area (Å²) in [4.78, 5) is 50.2. The normalized spacial score (nSPS) is 28.3. The van der Waals surface area contributed by atoms with Crippen molar-refractivity contribution < 1.29 is 63.6 Å². The lowest BCUT2D eigenvalue weighted by Crippen LogP contribution is -2.69. The van der Waals surface area contributed by atoms with Gasteiger partial charge in [-0.1, -0.05) is 101 Å². The number of aromatic nitrogens is 1. The number of aryl methyl sites for hydroxylation is 1. The molecule has 2 fully saturated rings. The Labute approximate surface area is 368 Å². The summed E-state index contributed by atoms with van der Waals surface area (Å²) in [5.41, 5.74) is 4.07. The third kappa shape index (κ3) is 12.8.